The lowest BCUT2D eigenvalue weighted by Crippen LogP contribution is -2.41. The number of likely N-dealkylation sites (N-methyl/N-ethyl adjacent to an activating group) is 1. The van der Waals surface area contributed by atoms with Gasteiger partial charge in [-0.15, -0.1) is 0 Å². The molecule has 1 atom stereocenters. The topological polar surface area (TPSA) is 61.4 Å². The van der Waals surface area contributed by atoms with Crippen molar-refractivity contribution >= 4 is 17.5 Å². The molecule has 30 heavy (non-hydrogen) atoms. The van der Waals surface area contributed by atoms with Gasteiger partial charge in [-0.3, -0.25) is 14.5 Å². The largest absolute Gasteiger partial charge is 0.348 e. The Labute approximate surface area is 180 Å². The fourth-order valence-corrected chi connectivity index (χ4v) is 3.44. The molecule has 0 spiro atoms. The second-order valence-corrected chi connectivity index (χ2v) is 8.35. The molecule has 0 aliphatic rings. The molecule has 5 nitrogen and oxygen atoms in total. The average Bonchev–Trinajstić information content (AvgIpc) is 2.69. The van der Waals surface area contributed by atoms with Crippen LogP contribution < -0.4 is 10.6 Å². The molecule has 2 aromatic rings. The number of rotatable bonds is 9. The lowest BCUT2D eigenvalue weighted by atomic mass is 9.95. The maximum atomic E-state index is 12.6. The van der Waals surface area contributed by atoms with Gasteiger partial charge in [0.2, 0.25) is 11.8 Å². The third-order valence-electron chi connectivity index (χ3n) is 5.44. The third-order valence-corrected chi connectivity index (χ3v) is 5.44. The maximum Gasteiger partial charge on any atom is 0.238 e. The number of anilines is 1. The summed E-state index contributed by atoms with van der Waals surface area (Å²) in [6.07, 6.45) is 0.994. The first-order valence-electron chi connectivity index (χ1n) is 10.6. The van der Waals surface area contributed by atoms with Gasteiger partial charge in [0.1, 0.15) is 0 Å². The smallest absolute Gasteiger partial charge is 0.238 e. The fourth-order valence-electron chi connectivity index (χ4n) is 3.44. The maximum absolute atomic E-state index is 12.6. The Kier molecular flexibility index (Phi) is 8.60. The number of amides is 2. The SMILES string of the molecule is CCc1ccc([C@@H](NC(=O)CN(C)CC(=O)Nc2cccc(C)c2C)C(C)C)cc1. The van der Waals surface area contributed by atoms with Crippen LogP contribution in [0.2, 0.25) is 0 Å². The first kappa shape index (κ1) is 23.6. The first-order chi connectivity index (χ1) is 14.2. The van der Waals surface area contributed by atoms with E-state index in [0.717, 1.165) is 28.8 Å². The van der Waals surface area contributed by atoms with Gasteiger partial charge in [0.15, 0.2) is 0 Å². The van der Waals surface area contributed by atoms with Crippen LogP contribution in [0.1, 0.15) is 49.1 Å². The molecule has 0 aliphatic carbocycles. The molecule has 0 aromatic heterocycles. The standard InChI is InChI=1S/C25H35N3O2/c1-7-20-11-13-21(14-12-20)25(17(2)3)27-24(30)16-28(6)15-23(29)26-22-10-8-9-18(4)19(22)5/h8-14,17,25H,7,15-16H2,1-6H3,(H,26,29)(H,27,30)/t25-/m0/s1. The highest BCUT2D eigenvalue weighted by Gasteiger charge is 2.20. The molecule has 5 heteroatoms. The van der Waals surface area contributed by atoms with Crippen molar-refractivity contribution in [3.63, 3.8) is 0 Å². The van der Waals surface area contributed by atoms with Crippen LogP contribution in [-0.2, 0) is 16.0 Å². The molecule has 0 saturated heterocycles. The second kappa shape index (κ2) is 10.9. The molecule has 0 unspecified atom stereocenters. The van der Waals surface area contributed by atoms with Crippen LogP contribution in [0.3, 0.4) is 0 Å². The van der Waals surface area contributed by atoms with Crippen molar-refractivity contribution in [1.82, 2.24) is 10.2 Å². The van der Waals surface area contributed by atoms with E-state index >= 15 is 0 Å². The number of hydrogen-bond donors (Lipinski definition) is 2. The number of carbonyl (C=O) groups is 2. The summed E-state index contributed by atoms with van der Waals surface area (Å²) in [7, 11) is 1.78. The van der Waals surface area contributed by atoms with Crippen LogP contribution in [0.25, 0.3) is 0 Å². The molecular formula is C25H35N3O2. The van der Waals surface area contributed by atoms with Crippen molar-refractivity contribution in [2.24, 2.45) is 5.92 Å². The number of nitrogens with one attached hydrogen (secondary N) is 2. The number of hydrogen-bond acceptors (Lipinski definition) is 3. The van der Waals surface area contributed by atoms with Crippen molar-refractivity contribution in [2.45, 2.75) is 47.1 Å². The van der Waals surface area contributed by atoms with Crippen molar-refractivity contribution in [3.05, 3.63) is 64.7 Å². The summed E-state index contributed by atoms with van der Waals surface area (Å²) in [4.78, 5) is 26.7. The van der Waals surface area contributed by atoms with Crippen LogP contribution in [0.5, 0.6) is 0 Å². The van der Waals surface area contributed by atoms with Crippen molar-refractivity contribution in [2.75, 3.05) is 25.5 Å². The van der Waals surface area contributed by atoms with Crippen molar-refractivity contribution in [3.8, 4) is 0 Å². The molecule has 2 rings (SSSR count). The summed E-state index contributed by atoms with van der Waals surface area (Å²) in [5.74, 6) is 0.0456. The Morgan fingerprint density at radius 1 is 0.967 bits per heavy atom. The normalized spacial score (nSPS) is 12.1. The molecule has 0 saturated carbocycles. The molecule has 0 fully saturated rings. The zero-order valence-electron chi connectivity index (χ0n) is 19.1. The fraction of sp³-hybridized carbons (Fsp3) is 0.440. The molecule has 162 valence electrons. The minimum absolute atomic E-state index is 0.0550. The lowest BCUT2D eigenvalue weighted by molar-refractivity contribution is -0.123. The van der Waals surface area contributed by atoms with Crippen LogP contribution in [0, 0.1) is 19.8 Å². The highest BCUT2D eigenvalue weighted by Crippen LogP contribution is 2.22. The van der Waals surface area contributed by atoms with Gasteiger partial charge in [0, 0.05) is 5.69 Å². The van der Waals surface area contributed by atoms with Crippen LogP contribution in [0.15, 0.2) is 42.5 Å². The monoisotopic (exact) mass is 409 g/mol. The number of aryl methyl sites for hydroxylation is 2. The summed E-state index contributed by atoms with van der Waals surface area (Å²) in [5, 5.41) is 6.07. The average molecular weight is 410 g/mol. The van der Waals surface area contributed by atoms with Gasteiger partial charge in [0.05, 0.1) is 19.1 Å². The molecule has 2 aromatic carbocycles. The molecule has 0 radical (unpaired) electrons. The summed E-state index contributed by atoms with van der Waals surface area (Å²) in [5.41, 5.74) is 5.38. The zero-order valence-corrected chi connectivity index (χ0v) is 19.1. The molecular weight excluding hydrogens is 374 g/mol. The molecule has 0 bridgehead atoms. The van der Waals surface area contributed by atoms with Crippen LogP contribution >= 0.6 is 0 Å². The summed E-state index contributed by atoms with van der Waals surface area (Å²) in [6, 6.07) is 14.2. The van der Waals surface area contributed by atoms with Crippen LogP contribution in [-0.4, -0.2) is 36.9 Å². The lowest BCUT2D eigenvalue weighted by Gasteiger charge is -2.25. The highest BCUT2D eigenvalue weighted by atomic mass is 16.2. The summed E-state index contributed by atoms with van der Waals surface area (Å²) < 4.78 is 0. The third kappa shape index (κ3) is 6.70. The summed E-state index contributed by atoms with van der Waals surface area (Å²) >= 11 is 0. The Hall–Kier alpha value is -2.66. The molecule has 0 heterocycles. The van der Waals surface area contributed by atoms with Crippen molar-refractivity contribution in [1.29, 1.82) is 0 Å². The summed E-state index contributed by atoms with van der Waals surface area (Å²) in [6.45, 7) is 10.6. The van der Waals surface area contributed by atoms with Gasteiger partial charge in [-0.25, -0.2) is 0 Å². The highest BCUT2D eigenvalue weighted by molar-refractivity contribution is 5.93. The molecule has 2 N–H and O–H groups in total. The Morgan fingerprint density at radius 2 is 1.60 bits per heavy atom. The molecule has 2 amide bonds. The minimum Gasteiger partial charge on any atom is -0.348 e. The van der Waals surface area contributed by atoms with E-state index in [1.165, 1.54) is 5.56 Å². The van der Waals surface area contributed by atoms with E-state index in [0.29, 0.717) is 0 Å². The minimum atomic E-state index is -0.130. The van der Waals surface area contributed by atoms with Gasteiger partial charge < -0.3 is 10.6 Å². The van der Waals surface area contributed by atoms with Gasteiger partial charge in [-0.05, 0) is 61.6 Å². The number of benzene rings is 2. The van der Waals surface area contributed by atoms with Gasteiger partial charge in [-0.1, -0.05) is 57.2 Å². The van der Waals surface area contributed by atoms with E-state index in [2.05, 4.69) is 55.7 Å². The Balaban J connectivity index is 1.91. The Morgan fingerprint density at radius 3 is 2.20 bits per heavy atom. The Bertz CT molecular complexity index is 859. The zero-order chi connectivity index (χ0) is 22.3. The van der Waals surface area contributed by atoms with E-state index in [4.69, 9.17) is 0 Å². The van der Waals surface area contributed by atoms with Crippen molar-refractivity contribution < 1.29 is 9.59 Å². The quantitative estimate of drug-likeness (QED) is 0.651. The van der Waals surface area contributed by atoms with E-state index in [1.54, 1.807) is 11.9 Å². The number of carbonyl (C=O) groups excluding carboxylic acids is 2. The second-order valence-electron chi connectivity index (χ2n) is 8.35. The predicted octanol–water partition coefficient (Wildman–Crippen LogP) is 4.25. The van der Waals surface area contributed by atoms with Gasteiger partial charge >= 0.3 is 0 Å². The van der Waals surface area contributed by atoms with E-state index in [-0.39, 0.29) is 36.9 Å². The van der Waals surface area contributed by atoms with E-state index in [9.17, 15) is 9.59 Å². The first-order valence-corrected chi connectivity index (χ1v) is 10.6. The molecule has 0 aliphatic heterocycles. The predicted molar refractivity (Wildman–Crippen MR) is 124 cm³/mol. The number of nitrogens with zero attached hydrogens (tertiary/aromatic N) is 1. The van der Waals surface area contributed by atoms with Gasteiger partial charge in [-0.2, -0.15) is 0 Å². The van der Waals surface area contributed by atoms with Crippen LogP contribution in [0.4, 0.5) is 5.69 Å². The van der Waals surface area contributed by atoms with E-state index < -0.39 is 0 Å². The van der Waals surface area contributed by atoms with E-state index in [1.807, 2.05) is 32.0 Å². The van der Waals surface area contributed by atoms with Gasteiger partial charge in [0.25, 0.3) is 0 Å².